The van der Waals surface area contributed by atoms with E-state index in [1.165, 1.54) is 6.07 Å². The van der Waals surface area contributed by atoms with Gasteiger partial charge < -0.3 is 4.90 Å². The zero-order valence-corrected chi connectivity index (χ0v) is 11.4. The van der Waals surface area contributed by atoms with Crippen LogP contribution in [0, 0.1) is 5.82 Å². The van der Waals surface area contributed by atoms with Crippen molar-refractivity contribution >= 4 is 27.1 Å². The number of nitrogens with zero attached hydrogens (tertiary/aromatic N) is 1. The molecule has 0 spiro atoms. The van der Waals surface area contributed by atoms with Gasteiger partial charge in [-0.25, -0.2) is 12.8 Å². The van der Waals surface area contributed by atoms with Gasteiger partial charge in [0, 0.05) is 25.7 Å². The van der Waals surface area contributed by atoms with E-state index >= 15 is 0 Å². The summed E-state index contributed by atoms with van der Waals surface area (Å²) in [5, 5.41) is 0. The Labute approximate surface area is 106 Å². The number of benzene rings is 1. The van der Waals surface area contributed by atoms with E-state index in [0.717, 1.165) is 6.26 Å². The standard InChI is InChI=1S/C11H15ClFNO2S/c1-14(5-6-17(2,15)16)11-4-3-9(8-12)7-10(11)13/h3-4,7H,5-6,8H2,1-2H3. The Balaban J connectivity index is 2.79. The highest BCUT2D eigenvalue weighted by molar-refractivity contribution is 7.90. The van der Waals surface area contributed by atoms with E-state index in [1.54, 1.807) is 24.1 Å². The number of sulfone groups is 1. The summed E-state index contributed by atoms with van der Waals surface area (Å²) in [4.78, 5) is 1.58. The maximum atomic E-state index is 13.7. The van der Waals surface area contributed by atoms with Crippen molar-refractivity contribution in [3.63, 3.8) is 0 Å². The molecule has 1 aromatic carbocycles. The molecule has 6 heteroatoms. The molecule has 96 valence electrons. The van der Waals surface area contributed by atoms with E-state index in [4.69, 9.17) is 11.6 Å². The van der Waals surface area contributed by atoms with Crippen molar-refractivity contribution in [2.24, 2.45) is 0 Å². The highest BCUT2D eigenvalue weighted by atomic mass is 35.5. The van der Waals surface area contributed by atoms with Crippen LogP contribution in [0.25, 0.3) is 0 Å². The minimum absolute atomic E-state index is 0.000196. The number of alkyl halides is 1. The highest BCUT2D eigenvalue weighted by Crippen LogP contribution is 2.20. The van der Waals surface area contributed by atoms with E-state index in [-0.39, 0.29) is 24.0 Å². The SMILES string of the molecule is CN(CCS(C)(=O)=O)c1ccc(CCl)cc1F. The van der Waals surface area contributed by atoms with Crippen molar-refractivity contribution in [1.82, 2.24) is 0 Å². The maximum Gasteiger partial charge on any atom is 0.149 e. The van der Waals surface area contributed by atoms with Crippen LogP contribution < -0.4 is 4.90 Å². The molecule has 1 aromatic rings. The van der Waals surface area contributed by atoms with Gasteiger partial charge in [0.2, 0.25) is 0 Å². The quantitative estimate of drug-likeness (QED) is 0.774. The average Bonchev–Trinajstić information content (AvgIpc) is 2.24. The predicted octanol–water partition coefficient (Wildman–Crippen LogP) is 2.05. The Morgan fingerprint density at radius 3 is 2.53 bits per heavy atom. The Hall–Kier alpha value is -0.810. The Bertz CT molecular complexity index is 490. The number of halogens is 2. The van der Waals surface area contributed by atoms with Crippen LogP contribution in [-0.4, -0.2) is 34.0 Å². The lowest BCUT2D eigenvalue weighted by Gasteiger charge is -2.19. The topological polar surface area (TPSA) is 37.4 Å². The summed E-state index contributed by atoms with van der Waals surface area (Å²) in [6, 6.07) is 4.69. The van der Waals surface area contributed by atoms with Crippen LogP contribution in [0.5, 0.6) is 0 Å². The Morgan fingerprint density at radius 2 is 2.06 bits per heavy atom. The first-order chi connectivity index (χ1) is 7.83. The van der Waals surface area contributed by atoms with Crippen molar-refractivity contribution in [2.45, 2.75) is 5.88 Å². The highest BCUT2D eigenvalue weighted by Gasteiger charge is 2.10. The molecule has 0 saturated heterocycles. The molecule has 0 aliphatic carbocycles. The third-order valence-electron chi connectivity index (χ3n) is 2.38. The molecule has 0 saturated carbocycles. The molecule has 0 heterocycles. The second-order valence-electron chi connectivity index (χ2n) is 3.97. The zero-order valence-electron chi connectivity index (χ0n) is 9.78. The summed E-state index contributed by atoms with van der Waals surface area (Å²) in [5.74, 6) is -0.135. The number of anilines is 1. The molecular formula is C11H15ClFNO2S. The molecule has 0 bridgehead atoms. The van der Waals surface area contributed by atoms with Gasteiger partial charge in [0.25, 0.3) is 0 Å². The van der Waals surface area contributed by atoms with Crippen LogP contribution in [0.3, 0.4) is 0 Å². The van der Waals surface area contributed by atoms with Crippen molar-refractivity contribution in [3.05, 3.63) is 29.6 Å². The molecule has 0 aliphatic rings. The lowest BCUT2D eigenvalue weighted by Crippen LogP contribution is -2.25. The second-order valence-corrected chi connectivity index (χ2v) is 6.50. The summed E-state index contributed by atoms with van der Waals surface area (Å²) in [5.41, 5.74) is 1.08. The maximum absolute atomic E-state index is 13.7. The van der Waals surface area contributed by atoms with Crippen LogP contribution in [0.15, 0.2) is 18.2 Å². The van der Waals surface area contributed by atoms with Gasteiger partial charge in [-0.15, -0.1) is 11.6 Å². The molecule has 0 aliphatic heterocycles. The van der Waals surface area contributed by atoms with Gasteiger partial charge in [0.05, 0.1) is 11.4 Å². The molecule has 1 rings (SSSR count). The zero-order chi connectivity index (χ0) is 13.1. The third kappa shape index (κ3) is 4.52. The van der Waals surface area contributed by atoms with E-state index in [2.05, 4.69) is 0 Å². The molecule has 0 radical (unpaired) electrons. The molecule has 3 nitrogen and oxygen atoms in total. The monoisotopic (exact) mass is 279 g/mol. The first-order valence-electron chi connectivity index (χ1n) is 5.07. The summed E-state index contributed by atoms with van der Waals surface area (Å²) in [6.45, 7) is 0.260. The predicted molar refractivity (Wildman–Crippen MR) is 68.9 cm³/mol. The lowest BCUT2D eigenvalue weighted by molar-refractivity contribution is 0.599. The largest absolute Gasteiger partial charge is 0.371 e. The summed E-state index contributed by atoms with van der Waals surface area (Å²) in [7, 11) is -1.38. The Morgan fingerprint density at radius 1 is 1.41 bits per heavy atom. The van der Waals surface area contributed by atoms with Crippen molar-refractivity contribution < 1.29 is 12.8 Å². The van der Waals surface area contributed by atoms with Gasteiger partial charge in [-0.3, -0.25) is 0 Å². The number of hydrogen-bond acceptors (Lipinski definition) is 3. The van der Waals surface area contributed by atoms with Crippen LogP contribution in [-0.2, 0) is 15.7 Å². The fourth-order valence-corrected chi connectivity index (χ4v) is 2.14. The minimum Gasteiger partial charge on any atom is -0.371 e. The van der Waals surface area contributed by atoms with Crippen LogP contribution in [0.4, 0.5) is 10.1 Å². The summed E-state index contributed by atoms with van der Waals surface area (Å²) >= 11 is 5.59. The normalized spacial score (nSPS) is 11.5. The van der Waals surface area contributed by atoms with Crippen molar-refractivity contribution in [3.8, 4) is 0 Å². The smallest absolute Gasteiger partial charge is 0.149 e. The van der Waals surface area contributed by atoms with Crippen LogP contribution in [0.2, 0.25) is 0 Å². The molecular weight excluding hydrogens is 265 g/mol. The van der Waals surface area contributed by atoms with Gasteiger partial charge in [0.15, 0.2) is 0 Å². The molecule has 0 fully saturated rings. The van der Waals surface area contributed by atoms with E-state index < -0.39 is 9.84 Å². The van der Waals surface area contributed by atoms with Crippen molar-refractivity contribution in [2.75, 3.05) is 30.5 Å². The third-order valence-corrected chi connectivity index (χ3v) is 3.61. The van der Waals surface area contributed by atoms with Gasteiger partial charge >= 0.3 is 0 Å². The van der Waals surface area contributed by atoms with Crippen LogP contribution in [0.1, 0.15) is 5.56 Å². The van der Waals surface area contributed by atoms with Crippen molar-refractivity contribution in [1.29, 1.82) is 0 Å². The second kappa shape index (κ2) is 5.69. The van der Waals surface area contributed by atoms with E-state index in [1.807, 2.05) is 0 Å². The van der Waals surface area contributed by atoms with Gasteiger partial charge in [-0.05, 0) is 17.7 Å². The minimum atomic E-state index is -3.04. The molecule has 0 N–H and O–H groups in total. The number of rotatable bonds is 5. The van der Waals surface area contributed by atoms with Gasteiger partial charge in [-0.1, -0.05) is 6.07 Å². The fraction of sp³-hybridized carbons (Fsp3) is 0.455. The number of hydrogen-bond donors (Lipinski definition) is 0. The molecule has 0 atom stereocenters. The van der Waals surface area contributed by atoms with Gasteiger partial charge in [0.1, 0.15) is 15.7 Å². The Kier molecular flexibility index (Phi) is 4.77. The first-order valence-corrected chi connectivity index (χ1v) is 7.66. The fourth-order valence-electron chi connectivity index (χ4n) is 1.37. The lowest BCUT2D eigenvalue weighted by atomic mass is 10.2. The van der Waals surface area contributed by atoms with E-state index in [9.17, 15) is 12.8 Å². The average molecular weight is 280 g/mol. The van der Waals surface area contributed by atoms with Crippen LogP contribution >= 0.6 is 11.6 Å². The summed E-state index contributed by atoms with van der Waals surface area (Å²) < 4.78 is 35.7. The first kappa shape index (κ1) is 14.3. The summed E-state index contributed by atoms with van der Waals surface area (Å²) in [6.07, 6.45) is 1.16. The van der Waals surface area contributed by atoms with E-state index in [0.29, 0.717) is 11.3 Å². The molecule has 17 heavy (non-hydrogen) atoms. The molecule has 0 amide bonds. The van der Waals surface area contributed by atoms with Gasteiger partial charge in [-0.2, -0.15) is 0 Å². The molecule has 0 unspecified atom stereocenters. The molecule has 0 aromatic heterocycles.